The highest BCUT2D eigenvalue weighted by molar-refractivity contribution is 7.51. The number of nitrogen functional groups attached to an aromatic ring is 1. The van der Waals surface area contributed by atoms with Gasteiger partial charge in [0.1, 0.15) is 6.35 Å². The van der Waals surface area contributed by atoms with E-state index in [1.165, 1.54) is 0 Å². The molecular formula is C12H16F3N6O4P. The summed E-state index contributed by atoms with van der Waals surface area (Å²) in [6, 6.07) is 0.215. The molecule has 1 atom stereocenters. The minimum absolute atomic E-state index is 0.0645. The summed E-state index contributed by atoms with van der Waals surface area (Å²) in [4.78, 5) is 29.5. The van der Waals surface area contributed by atoms with Crippen LogP contribution >= 0.6 is 7.60 Å². The third-order valence-electron chi connectivity index (χ3n) is 3.57. The standard InChI is InChI=1S/C12H16F3N6O4P/c13-12(14,15)7(25-5-26(22,23)24)3-21-4-17-8-9(18-6-1-2-6)19-11(16)20-10(8)21/h4,6-7H,1-3,5H2,(H2,22,23,24)(H3,16,18,19,20). The molecule has 0 bridgehead atoms. The van der Waals surface area contributed by atoms with Crippen molar-refractivity contribution in [3.8, 4) is 0 Å². The summed E-state index contributed by atoms with van der Waals surface area (Å²) in [6.07, 6.45) is -5.65. The Morgan fingerprint density at radius 1 is 1.42 bits per heavy atom. The van der Waals surface area contributed by atoms with Crippen LogP contribution < -0.4 is 11.1 Å². The Balaban J connectivity index is 1.88. The van der Waals surface area contributed by atoms with E-state index in [9.17, 15) is 17.7 Å². The molecule has 2 aromatic heterocycles. The van der Waals surface area contributed by atoms with Crippen molar-refractivity contribution in [1.29, 1.82) is 0 Å². The van der Waals surface area contributed by atoms with E-state index < -0.39 is 32.8 Å². The average Bonchev–Trinajstić information content (AvgIpc) is 3.20. The monoisotopic (exact) mass is 396 g/mol. The lowest BCUT2D eigenvalue weighted by molar-refractivity contribution is -0.219. The van der Waals surface area contributed by atoms with Gasteiger partial charge in [-0.1, -0.05) is 0 Å². The predicted octanol–water partition coefficient (Wildman–Crippen LogP) is 1.07. The first-order valence-electron chi connectivity index (χ1n) is 7.51. The van der Waals surface area contributed by atoms with Gasteiger partial charge in [0.2, 0.25) is 5.95 Å². The van der Waals surface area contributed by atoms with E-state index >= 15 is 0 Å². The van der Waals surface area contributed by atoms with Crippen LogP contribution in [0.4, 0.5) is 24.9 Å². The lowest BCUT2D eigenvalue weighted by atomic mass is 10.3. The van der Waals surface area contributed by atoms with Crippen molar-refractivity contribution in [1.82, 2.24) is 19.5 Å². The number of aromatic nitrogens is 4. The van der Waals surface area contributed by atoms with Crippen LogP contribution in [-0.2, 0) is 15.8 Å². The molecule has 0 aliphatic heterocycles. The number of alkyl halides is 3. The molecule has 5 N–H and O–H groups in total. The summed E-state index contributed by atoms with van der Waals surface area (Å²) in [5.41, 5.74) is 5.94. The van der Waals surface area contributed by atoms with E-state index in [1.807, 2.05) is 0 Å². The van der Waals surface area contributed by atoms with E-state index in [-0.39, 0.29) is 23.2 Å². The van der Waals surface area contributed by atoms with Crippen molar-refractivity contribution in [2.75, 3.05) is 17.4 Å². The van der Waals surface area contributed by atoms with Gasteiger partial charge in [0.05, 0.1) is 12.9 Å². The van der Waals surface area contributed by atoms with Crippen LogP contribution in [0.2, 0.25) is 0 Å². The summed E-state index contributed by atoms with van der Waals surface area (Å²) in [5.74, 6) is 0.190. The fourth-order valence-electron chi connectivity index (χ4n) is 2.23. The molecule has 1 aliphatic carbocycles. The summed E-state index contributed by atoms with van der Waals surface area (Å²) in [6.45, 7) is -0.792. The number of fused-ring (bicyclic) bond motifs is 1. The highest BCUT2D eigenvalue weighted by Crippen LogP contribution is 2.37. The van der Waals surface area contributed by atoms with Crippen molar-refractivity contribution in [2.45, 2.75) is 37.7 Å². The summed E-state index contributed by atoms with van der Waals surface area (Å²) >= 11 is 0. The first kappa shape index (κ1) is 18.8. The molecule has 0 saturated heterocycles. The Kier molecular flexibility index (Phi) is 4.82. The zero-order valence-electron chi connectivity index (χ0n) is 13.2. The number of nitrogens with one attached hydrogen (secondary N) is 1. The number of rotatable bonds is 7. The summed E-state index contributed by atoms with van der Waals surface area (Å²) < 4.78 is 55.7. The van der Waals surface area contributed by atoms with Crippen molar-refractivity contribution in [3.63, 3.8) is 0 Å². The molecule has 3 rings (SSSR count). The fourth-order valence-corrected chi connectivity index (χ4v) is 2.61. The first-order valence-corrected chi connectivity index (χ1v) is 9.30. The Labute approximate surface area is 144 Å². The van der Waals surface area contributed by atoms with Crippen molar-refractivity contribution in [2.24, 2.45) is 0 Å². The van der Waals surface area contributed by atoms with Gasteiger partial charge in [0.15, 0.2) is 23.1 Å². The molecule has 14 heteroatoms. The van der Waals surface area contributed by atoms with Gasteiger partial charge >= 0.3 is 13.8 Å². The van der Waals surface area contributed by atoms with E-state index in [2.05, 4.69) is 25.0 Å². The number of hydrogen-bond acceptors (Lipinski definition) is 7. The largest absolute Gasteiger partial charge is 0.416 e. The molecule has 2 aromatic rings. The minimum Gasteiger partial charge on any atom is -0.368 e. The predicted molar refractivity (Wildman–Crippen MR) is 84.2 cm³/mol. The second-order valence-corrected chi connectivity index (χ2v) is 7.50. The van der Waals surface area contributed by atoms with Crippen LogP contribution in [0.25, 0.3) is 11.2 Å². The molecular weight excluding hydrogens is 380 g/mol. The van der Waals surface area contributed by atoms with Gasteiger partial charge in [-0.3, -0.25) is 4.57 Å². The molecule has 0 aromatic carbocycles. The second-order valence-electron chi connectivity index (χ2n) is 5.91. The highest BCUT2D eigenvalue weighted by atomic mass is 31.2. The number of ether oxygens (including phenoxy) is 1. The zero-order valence-corrected chi connectivity index (χ0v) is 14.1. The Hall–Kier alpha value is -1.95. The second kappa shape index (κ2) is 6.65. The Morgan fingerprint density at radius 2 is 2.12 bits per heavy atom. The smallest absolute Gasteiger partial charge is 0.368 e. The van der Waals surface area contributed by atoms with Crippen LogP contribution in [0.3, 0.4) is 0 Å². The molecule has 1 unspecified atom stereocenters. The normalized spacial score (nSPS) is 16.8. The molecule has 26 heavy (non-hydrogen) atoms. The number of anilines is 2. The van der Waals surface area contributed by atoms with Crippen LogP contribution in [0, 0.1) is 0 Å². The minimum atomic E-state index is -4.85. The summed E-state index contributed by atoms with van der Waals surface area (Å²) in [5, 5.41) is 3.08. The maximum absolute atomic E-state index is 13.1. The summed E-state index contributed by atoms with van der Waals surface area (Å²) in [7, 11) is -4.75. The van der Waals surface area contributed by atoms with E-state index in [0.717, 1.165) is 23.7 Å². The first-order chi connectivity index (χ1) is 12.0. The molecule has 1 aliphatic rings. The van der Waals surface area contributed by atoms with Gasteiger partial charge in [-0.05, 0) is 12.8 Å². The molecule has 2 heterocycles. The van der Waals surface area contributed by atoms with Gasteiger partial charge in [-0.15, -0.1) is 0 Å². The number of nitrogens with two attached hydrogens (primary N) is 1. The quantitative estimate of drug-likeness (QED) is 0.504. The van der Waals surface area contributed by atoms with E-state index in [0.29, 0.717) is 5.82 Å². The van der Waals surface area contributed by atoms with Crippen molar-refractivity contribution in [3.05, 3.63) is 6.33 Å². The van der Waals surface area contributed by atoms with E-state index in [4.69, 9.17) is 15.5 Å². The fraction of sp³-hybridized carbons (Fsp3) is 0.583. The average molecular weight is 396 g/mol. The molecule has 0 amide bonds. The number of nitrogens with zero attached hydrogens (tertiary/aromatic N) is 4. The molecule has 10 nitrogen and oxygen atoms in total. The highest BCUT2D eigenvalue weighted by Gasteiger charge is 2.42. The van der Waals surface area contributed by atoms with Gasteiger partial charge in [0.25, 0.3) is 0 Å². The lowest BCUT2D eigenvalue weighted by Crippen LogP contribution is -2.36. The van der Waals surface area contributed by atoms with Gasteiger partial charge in [-0.25, -0.2) is 4.98 Å². The topological polar surface area (TPSA) is 148 Å². The molecule has 1 saturated carbocycles. The maximum Gasteiger partial charge on any atom is 0.416 e. The molecule has 144 valence electrons. The van der Waals surface area contributed by atoms with Crippen LogP contribution in [-0.4, -0.2) is 54.0 Å². The van der Waals surface area contributed by atoms with E-state index in [1.54, 1.807) is 0 Å². The number of halogens is 3. The van der Waals surface area contributed by atoms with Gasteiger partial charge in [-0.2, -0.15) is 23.1 Å². The van der Waals surface area contributed by atoms with Crippen molar-refractivity contribution < 1.29 is 32.3 Å². The van der Waals surface area contributed by atoms with Crippen LogP contribution in [0.5, 0.6) is 0 Å². The SMILES string of the molecule is Nc1nc(NC2CC2)c2ncn(CC(OCP(=O)(O)O)C(F)(F)F)c2n1. The molecule has 0 spiro atoms. The van der Waals surface area contributed by atoms with Crippen molar-refractivity contribution >= 4 is 30.5 Å². The van der Waals surface area contributed by atoms with Gasteiger partial charge in [0, 0.05) is 6.04 Å². The van der Waals surface area contributed by atoms with Gasteiger partial charge < -0.3 is 30.1 Å². The Bertz CT molecular complexity index is 849. The van der Waals surface area contributed by atoms with Crippen LogP contribution in [0.1, 0.15) is 12.8 Å². The zero-order chi connectivity index (χ0) is 19.1. The molecule has 0 radical (unpaired) electrons. The third-order valence-corrected chi connectivity index (χ3v) is 4.06. The van der Waals surface area contributed by atoms with Crippen LogP contribution in [0.15, 0.2) is 6.33 Å². The lowest BCUT2D eigenvalue weighted by Gasteiger charge is -2.21. The number of hydrogen-bond donors (Lipinski definition) is 4. The maximum atomic E-state index is 13.1. The molecule has 1 fully saturated rings. The number of imidazole rings is 1. The Morgan fingerprint density at radius 3 is 2.69 bits per heavy atom. The third kappa shape index (κ3) is 4.61.